The molecule has 0 bridgehead atoms. The SMILES string of the molecule is COc1ccnc(F)c1OB(O)O. The number of halogens is 1. The van der Waals surface area contributed by atoms with Crippen molar-refractivity contribution in [2.75, 3.05) is 7.11 Å². The largest absolute Gasteiger partial charge is 0.707 e. The van der Waals surface area contributed by atoms with Gasteiger partial charge in [0.15, 0.2) is 5.75 Å². The number of aromatic nitrogens is 1. The number of rotatable bonds is 3. The Bertz CT molecular complexity index is 296. The molecule has 0 aliphatic carbocycles. The molecule has 0 aromatic carbocycles. The van der Waals surface area contributed by atoms with E-state index < -0.39 is 19.0 Å². The Labute approximate surface area is 73.9 Å². The van der Waals surface area contributed by atoms with Gasteiger partial charge in [-0.05, 0) is 0 Å². The molecule has 0 amide bonds. The molecule has 0 spiro atoms. The van der Waals surface area contributed by atoms with Gasteiger partial charge in [-0.25, -0.2) is 4.98 Å². The molecule has 1 rings (SSSR count). The molecule has 0 unspecified atom stereocenters. The summed E-state index contributed by atoms with van der Waals surface area (Å²) in [7, 11) is -0.807. The van der Waals surface area contributed by atoms with Gasteiger partial charge in [0.1, 0.15) is 0 Å². The second-order valence-corrected chi connectivity index (χ2v) is 2.08. The van der Waals surface area contributed by atoms with Crippen LogP contribution in [0.2, 0.25) is 0 Å². The van der Waals surface area contributed by atoms with Crippen molar-refractivity contribution in [2.45, 2.75) is 0 Å². The maximum absolute atomic E-state index is 12.9. The molecule has 0 saturated carbocycles. The summed E-state index contributed by atoms with van der Waals surface area (Å²) >= 11 is 0. The van der Waals surface area contributed by atoms with E-state index in [2.05, 4.69) is 9.64 Å². The van der Waals surface area contributed by atoms with Gasteiger partial charge >= 0.3 is 7.32 Å². The zero-order valence-electron chi connectivity index (χ0n) is 6.77. The highest BCUT2D eigenvalue weighted by molar-refractivity contribution is 6.33. The lowest BCUT2D eigenvalue weighted by Gasteiger charge is -2.09. The Morgan fingerprint density at radius 1 is 1.54 bits per heavy atom. The van der Waals surface area contributed by atoms with Gasteiger partial charge in [-0.15, -0.1) is 0 Å². The van der Waals surface area contributed by atoms with E-state index in [0.29, 0.717) is 0 Å². The first-order valence-electron chi connectivity index (χ1n) is 3.36. The zero-order chi connectivity index (χ0) is 9.84. The van der Waals surface area contributed by atoms with Gasteiger partial charge in [0.05, 0.1) is 7.11 Å². The third-order valence-electron chi connectivity index (χ3n) is 1.27. The van der Waals surface area contributed by atoms with Crippen molar-refractivity contribution in [3.8, 4) is 11.5 Å². The summed E-state index contributed by atoms with van der Waals surface area (Å²) in [6.07, 6.45) is 1.17. The monoisotopic (exact) mass is 187 g/mol. The maximum Gasteiger partial charge on any atom is 0.707 e. The summed E-state index contributed by atoms with van der Waals surface area (Å²) in [4.78, 5) is 3.25. The number of pyridine rings is 1. The van der Waals surface area contributed by atoms with Crippen LogP contribution in [0.25, 0.3) is 0 Å². The molecule has 2 N–H and O–H groups in total. The third kappa shape index (κ3) is 2.30. The molecule has 5 nitrogen and oxygen atoms in total. The van der Waals surface area contributed by atoms with Crippen LogP contribution in [0.1, 0.15) is 0 Å². The topological polar surface area (TPSA) is 71.8 Å². The molecule has 0 atom stereocenters. The number of ether oxygens (including phenoxy) is 1. The van der Waals surface area contributed by atoms with Crippen molar-refractivity contribution in [1.82, 2.24) is 4.98 Å². The van der Waals surface area contributed by atoms with E-state index in [1.165, 1.54) is 19.4 Å². The van der Waals surface area contributed by atoms with Gasteiger partial charge < -0.3 is 19.4 Å². The predicted octanol–water partition coefficient (Wildman–Crippen LogP) is -0.422. The lowest BCUT2D eigenvalue weighted by molar-refractivity contribution is 0.270. The molecule has 0 aliphatic heterocycles. The summed E-state index contributed by atoms with van der Waals surface area (Å²) < 4.78 is 21.9. The summed E-state index contributed by atoms with van der Waals surface area (Å²) in [5.74, 6) is -1.35. The first-order chi connectivity index (χ1) is 6.15. The van der Waals surface area contributed by atoms with Crippen molar-refractivity contribution >= 4 is 7.32 Å². The highest BCUT2D eigenvalue weighted by Crippen LogP contribution is 2.27. The van der Waals surface area contributed by atoms with E-state index in [1.807, 2.05) is 0 Å². The molecule has 1 aromatic heterocycles. The Balaban J connectivity index is 3.00. The smallest absolute Gasteiger partial charge is 0.506 e. The van der Waals surface area contributed by atoms with Gasteiger partial charge in [-0.2, -0.15) is 4.39 Å². The Kier molecular flexibility index (Phi) is 3.05. The first-order valence-corrected chi connectivity index (χ1v) is 3.36. The highest BCUT2D eigenvalue weighted by atomic mass is 19.1. The average Bonchev–Trinajstić information content (AvgIpc) is 2.08. The van der Waals surface area contributed by atoms with E-state index >= 15 is 0 Å². The number of methoxy groups -OCH3 is 1. The van der Waals surface area contributed by atoms with Crippen molar-refractivity contribution in [3.05, 3.63) is 18.2 Å². The summed E-state index contributed by atoms with van der Waals surface area (Å²) in [6.45, 7) is 0. The minimum absolute atomic E-state index is 0.0422. The molecule has 0 saturated heterocycles. The second kappa shape index (κ2) is 4.06. The maximum atomic E-state index is 12.9. The minimum Gasteiger partial charge on any atom is -0.506 e. The third-order valence-corrected chi connectivity index (χ3v) is 1.27. The van der Waals surface area contributed by atoms with Crippen LogP contribution in [-0.4, -0.2) is 29.5 Å². The van der Waals surface area contributed by atoms with Crippen LogP contribution in [0.15, 0.2) is 12.3 Å². The van der Waals surface area contributed by atoms with Crippen LogP contribution < -0.4 is 9.39 Å². The molecule has 70 valence electrons. The molecule has 7 heteroatoms. The molecule has 1 aromatic rings. The summed E-state index contributed by atoms with van der Waals surface area (Å²) in [6, 6.07) is 1.33. The van der Waals surface area contributed by atoms with E-state index in [1.54, 1.807) is 0 Å². The lowest BCUT2D eigenvalue weighted by atomic mass is 10.2. The molecular weight excluding hydrogens is 180 g/mol. The minimum atomic E-state index is -2.10. The van der Waals surface area contributed by atoms with Crippen molar-refractivity contribution in [1.29, 1.82) is 0 Å². The fraction of sp³-hybridized carbons (Fsp3) is 0.167. The Hall–Kier alpha value is -1.34. The predicted molar refractivity (Wildman–Crippen MR) is 41.6 cm³/mol. The van der Waals surface area contributed by atoms with Gasteiger partial charge in [-0.3, -0.25) is 0 Å². The molecule has 0 aliphatic rings. The Morgan fingerprint density at radius 3 is 2.77 bits per heavy atom. The first kappa shape index (κ1) is 9.75. The molecule has 0 fully saturated rings. The van der Waals surface area contributed by atoms with Crippen LogP contribution in [-0.2, 0) is 0 Å². The average molecular weight is 187 g/mol. The van der Waals surface area contributed by atoms with Crippen molar-refractivity contribution in [2.24, 2.45) is 0 Å². The quantitative estimate of drug-likeness (QED) is 0.496. The van der Waals surface area contributed by atoms with Crippen LogP contribution in [0.4, 0.5) is 4.39 Å². The van der Waals surface area contributed by atoms with Crippen LogP contribution in [0.5, 0.6) is 11.5 Å². The molecular formula is C6H7BFNO4. The normalized spacial score (nSPS) is 9.54. The van der Waals surface area contributed by atoms with Crippen LogP contribution in [0.3, 0.4) is 0 Å². The number of hydrogen-bond donors (Lipinski definition) is 2. The fourth-order valence-corrected chi connectivity index (χ4v) is 0.779. The molecule has 1 heterocycles. The Morgan fingerprint density at radius 2 is 2.23 bits per heavy atom. The van der Waals surface area contributed by atoms with E-state index in [-0.39, 0.29) is 5.75 Å². The van der Waals surface area contributed by atoms with E-state index in [4.69, 9.17) is 14.8 Å². The van der Waals surface area contributed by atoms with Crippen molar-refractivity contribution in [3.63, 3.8) is 0 Å². The number of nitrogens with zero attached hydrogens (tertiary/aromatic N) is 1. The zero-order valence-corrected chi connectivity index (χ0v) is 6.77. The highest BCUT2D eigenvalue weighted by Gasteiger charge is 2.19. The van der Waals surface area contributed by atoms with Gasteiger partial charge in [-0.1, -0.05) is 0 Å². The van der Waals surface area contributed by atoms with Gasteiger partial charge in [0.25, 0.3) is 5.95 Å². The summed E-state index contributed by atoms with van der Waals surface area (Å²) in [5, 5.41) is 16.9. The van der Waals surface area contributed by atoms with Crippen molar-refractivity contribution < 1.29 is 23.8 Å². The van der Waals surface area contributed by atoms with Gasteiger partial charge in [0.2, 0.25) is 5.75 Å². The van der Waals surface area contributed by atoms with E-state index in [9.17, 15) is 4.39 Å². The standard InChI is InChI=1S/C6H7BFNO4/c1-12-4-2-3-9-6(8)5(4)13-7(10)11/h2-3,10-11H,1H3. The second-order valence-electron chi connectivity index (χ2n) is 2.08. The fourth-order valence-electron chi connectivity index (χ4n) is 0.779. The van der Waals surface area contributed by atoms with Crippen LogP contribution >= 0.6 is 0 Å². The molecule has 13 heavy (non-hydrogen) atoms. The van der Waals surface area contributed by atoms with E-state index in [0.717, 1.165) is 0 Å². The van der Waals surface area contributed by atoms with Gasteiger partial charge in [0, 0.05) is 12.3 Å². The summed E-state index contributed by atoms with van der Waals surface area (Å²) in [5.41, 5.74) is 0. The molecule has 0 radical (unpaired) electrons. The van der Waals surface area contributed by atoms with Crippen LogP contribution in [0, 0.1) is 5.95 Å². The lowest BCUT2D eigenvalue weighted by Crippen LogP contribution is -2.21. The number of hydrogen-bond acceptors (Lipinski definition) is 5.